The van der Waals surface area contributed by atoms with Crippen LogP contribution in [0.25, 0.3) is 0 Å². The highest BCUT2D eigenvalue weighted by atomic mass is 79.9. The molecule has 86 valence electrons. The lowest BCUT2D eigenvalue weighted by atomic mass is 10.4. The number of anilines is 1. The fraction of sp³-hybridized carbons (Fsp3) is 0.364. The number of hydrogen-bond donors (Lipinski definition) is 1. The minimum absolute atomic E-state index is 0.853. The van der Waals surface area contributed by atoms with Crippen LogP contribution in [0.15, 0.2) is 28.2 Å². The molecule has 2 aromatic heterocycles. The van der Waals surface area contributed by atoms with Crippen molar-refractivity contribution in [3.8, 4) is 0 Å². The minimum atomic E-state index is 0.853. The summed E-state index contributed by atoms with van der Waals surface area (Å²) in [6, 6.07) is 6.21. The highest BCUT2D eigenvalue weighted by Crippen LogP contribution is 2.22. The van der Waals surface area contributed by atoms with Gasteiger partial charge in [0.25, 0.3) is 0 Å². The number of aromatic nitrogens is 2. The zero-order valence-corrected chi connectivity index (χ0v) is 11.5. The zero-order valence-electron chi connectivity index (χ0n) is 9.11. The van der Waals surface area contributed by atoms with Crippen LogP contribution in [0, 0.1) is 0 Å². The van der Waals surface area contributed by atoms with Crippen LogP contribution in [-0.4, -0.2) is 9.78 Å². The molecule has 3 nitrogen and oxygen atoms in total. The number of aryl methyl sites for hydroxylation is 1. The van der Waals surface area contributed by atoms with Gasteiger partial charge in [0.15, 0.2) is 0 Å². The van der Waals surface area contributed by atoms with Crippen molar-refractivity contribution in [2.45, 2.75) is 26.4 Å². The van der Waals surface area contributed by atoms with Crippen molar-refractivity contribution in [3.63, 3.8) is 0 Å². The Balaban J connectivity index is 1.96. The molecule has 0 aliphatic heterocycles. The van der Waals surface area contributed by atoms with E-state index in [1.807, 2.05) is 16.9 Å². The van der Waals surface area contributed by atoms with E-state index in [-0.39, 0.29) is 0 Å². The van der Waals surface area contributed by atoms with Gasteiger partial charge in [0.1, 0.15) is 5.82 Å². The third-order valence-corrected chi connectivity index (χ3v) is 3.85. The van der Waals surface area contributed by atoms with E-state index in [2.05, 4.69) is 45.4 Å². The van der Waals surface area contributed by atoms with Gasteiger partial charge in [-0.25, -0.2) is 4.68 Å². The van der Waals surface area contributed by atoms with Gasteiger partial charge in [-0.3, -0.25) is 0 Å². The van der Waals surface area contributed by atoms with Crippen LogP contribution in [0.4, 0.5) is 5.82 Å². The molecule has 0 aromatic carbocycles. The van der Waals surface area contributed by atoms with Gasteiger partial charge in [-0.15, -0.1) is 11.3 Å². The van der Waals surface area contributed by atoms with Crippen molar-refractivity contribution >= 4 is 33.1 Å². The Bertz CT molecular complexity index is 450. The summed E-state index contributed by atoms with van der Waals surface area (Å²) in [5, 5.41) is 7.67. The molecule has 5 heteroatoms. The monoisotopic (exact) mass is 299 g/mol. The first kappa shape index (κ1) is 11.7. The van der Waals surface area contributed by atoms with Crippen LogP contribution in [0.5, 0.6) is 0 Å². The van der Waals surface area contributed by atoms with Crippen molar-refractivity contribution < 1.29 is 0 Å². The lowest BCUT2D eigenvalue weighted by Gasteiger charge is -2.07. The van der Waals surface area contributed by atoms with Crippen molar-refractivity contribution in [3.05, 3.63) is 33.1 Å². The summed E-state index contributed by atoms with van der Waals surface area (Å²) in [6.45, 7) is 3.97. The first-order chi connectivity index (χ1) is 7.79. The second-order valence-corrected chi connectivity index (χ2v) is 6.05. The van der Waals surface area contributed by atoms with Gasteiger partial charge < -0.3 is 5.32 Å². The molecule has 2 rings (SSSR count). The Morgan fingerprint density at radius 1 is 1.44 bits per heavy atom. The van der Waals surface area contributed by atoms with Crippen LogP contribution < -0.4 is 5.32 Å². The zero-order chi connectivity index (χ0) is 11.4. The van der Waals surface area contributed by atoms with Crippen molar-refractivity contribution in [2.75, 3.05) is 5.32 Å². The number of nitrogens with one attached hydrogen (secondary N) is 1. The predicted molar refractivity (Wildman–Crippen MR) is 71.9 cm³/mol. The van der Waals surface area contributed by atoms with E-state index in [1.165, 1.54) is 8.66 Å². The molecule has 0 saturated heterocycles. The smallest absolute Gasteiger partial charge is 0.124 e. The standard InChI is InChI=1S/C11H14BrN3S/c1-2-7-15-11(5-6-14-15)13-8-9-3-4-10(12)16-9/h3-6,13H,2,7-8H2,1H3. The largest absolute Gasteiger partial charge is 0.365 e. The topological polar surface area (TPSA) is 29.9 Å². The third kappa shape index (κ3) is 2.86. The Morgan fingerprint density at radius 2 is 2.31 bits per heavy atom. The third-order valence-electron chi connectivity index (χ3n) is 2.22. The number of rotatable bonds is 5. The predicted octanol–water partition coefficient (Wildman–Crippen LogP) is 3.73. The molecular weight excluding hydrogens is 286 g/mol. The molecule has 0 aliphatic rings. The second-order valence-electron chi connectivity index (χ2n) is 3.50. The van der Waals surface area contributed by atoms with Gasteiger partial charge in [-0.1, -0.05) is 6.92 Å². The SMILES string of the molecule is CCCn1nccc1NCc1ccc(Br)s1. The molecule has 2 aromatic rings. The number of thiophene rings is 1. The molecule has 0 atom stereocenters. The van der Waals surface area contributed by atoms with E-state index in [4.69, 9.17) is 0 Å². The first-order valence-electron chi connectivity index (χ1n) is 5.29. The van der Waals surface area contributed by atoms with E-state index >= 15 is 0 Å². The van der Waals surface area contributed by atoms with Crippen molar-refractivity contribution in [2.24, 2.45) is 0 Å². The molecule has 16 heavy (non-hydrogen) atoms. The van der Waals surface area contributed by atoms with E-state index < -0.39 is 0 Å². The maximum absolute atomic E-state index is 4.27. The number of halogens is 1. The number of nitrogens with zero attached hydrogens (tertiary/aromatic N) is 2. The summed E-state index contributed by atoms with van der Waals surface area (Å²) in [6.07, 6.45) is 2.93. The maximum atomic E-state index is 4.27. The summed E-state index contributed by atoms with van der Waals surface area (Å²) < 4.78 is 3.18. The van der Waals surface area contributed by atoms with E-state index in [9.17, 15) is 0 Å². The van der Waals surface area contributed by atoms with Crippen LogP contribution in [-0.2, 0) is 13.1 Å². The lowest BCUT2D eigenvalue weighted by molar-refractivity contribution is 0.607. The summed E-state index contributed by atoms with van der Waals surface area (Å²) in [5.41, 5.74) is 0. The summed E-state index contributed by atoms with van der Waals surface area (Å²) >= 11 is 5.22. The molecular formula is C11H14BrN3S. The first-order valence-corrected chi connectivity index (χ1v) is 6.90. The highest BCUT2D eigenvalue weighted by molar-refractivity contribution is 9.11. The van der Waals surface area contributed by atoms with E-state index in [0.717, 1.165) is 25.3 Å². The quantitative estimate of drug-likeness (QED) is 0.912. The molecule has 0 bridgehead atoms. The van der Waals surface area contributed by atoms with Gasteiger partial charge in [-0.05, 0) is 34.5 Å². The van der Waals surface area contributed by atoms with Gasteiger partial charge in [0.05, 0.1) is 16.5 Å². The Morgan fingerprint density at radius 3 is 3.00 bits per heavy atom. The molecule has 1 N–H and O–H groups in total. The normalized spacial score (nSPS) is 10.6. The summed E-state index contributed by atoms with van der Waals surface area (Å²) in [5.74, 6) is 1.09. The summed E-state index contributed by atoms with van der Waals surface area (Å²) in [7, 11) is 0. The lowest BCUT2D eigenvalue weighted by Crippen LogP contribution is -2.07. The Labute approximate surface area is 108 Å². The van der Waals surface area contributed by atoms with Crippen LogP contribution in [0.1, 0.15) is 18.2 Å². The molecule has 0 unspecified atom stereocenters. The van der Waals surface area contributed by atoms with E-state index in [0.29, 0.717) is 0 Å². The minimum Gasteiger partial charge on any atom is -0.365 e. The molecule has 0 amide bonds. The van der Waals surface area contributed by atoms with Crippen molar-refractivity contribution in [1.29, 1.82) is 0 Å². The molecule has 0 fully saturated rings. The average molecular weight is 300 g/mol. The van der Waals surface area contributed by atoms with Crippen LogP contribution in [0.3, 0.4) is 0 Å². The van der Waals surface area contributed by atoms with Gasteiger partial charge in [0.2, 0.25) is 0 Å². The second kappa shape index (κ2) is 5.50. The van der Waals surface area contributed by atoms with Gasteiger partial charge in [0, 0.05) is 17.5 Å². The van der Waals surface area contributed by atoms with Crippen LogP contribution in [0.2, 0.25) is 0 Å². The maximum Gasteiger partial charge on any atom is 0.124 e. The molecule has 0 saturated carbocycles. The Hall–Kier alpha value is -0.810. The molecule has 2 heterocycles. The van der Waals surface area contributed by atoms with Gasteiger partial charge in [-0.2, -0.15) is 5.10 Å². The van der Waals surface area contributed by atoms with Crippen LogP contribution >= 0.6 is 27.3 Å². The molecule has 0 spiro atoms. The summed E-state index contributed by atoms with van der Waals surface area (Å²) in [4.78, 5) is 1.32. The van der Waals surface area contributed by atoms with Crippen molar-refractivity contribution in [1.82, 2.24) is 9.78 Å². The fourth-order valence-corrected chi connectivity index (χ4v) is 2.92. The average Bonchev–Trinajstić information content (AvgIpc) is 2.85. The Kier molecular flexibility index (Phi) is 4.01. The van der Waals surface area contributed by atoms with E-state index in [1.54, 1.807) is 11.3 Å². The molecule has 0 radical (unpaired) electrons. The fourth-order valence-electron chi connectivity index (χ4n) is 1.50. The molecule has 0 aliphatic carbocycles. The van der Waals surface area contributed by atoms with Gasteiger partial charge >= 0.3 is 0 Å². The number of hydrogen-bond acceptors (Lipinski definition) is 3. The highest BCUT2D eigenvalue weighted by Gasteiger charge is 2.02.